The predicted molar refractivity (Wildman–Crippen MR) is 104 cm³/mol. The van der Waals surface area contributed by atoms with Crippen molar-refractivity contribution in [2.45, 2.75) is 51.1 Å². The molecule has 0 bridgehead atoms. The maximum atomic E-state index is 11.9. The van der Waals surface area contributed by atoms with Crippen molar-refractivity contribution in [3.63, 3.8) is 0 Å². The molecule has 0 radical (unpaired) electrons. The number of carboxylic acid groups (broad SMARTS) is 3. The number of unbranched alkanes of at least 4 members (excludes halogenated alkanes) is 1. The molecule has 0 aliphatic heterocycles. The van der Waals surface area contributed by atoms with E-state index in [1.54, 1.807) is 13.0 Å². The summed E-state index contributed by atoms with van der Waals surface area (Å²) in [6.07, 6.45) is 1.43. The lowest BCUT2D eigenvalue weighted by molar-refractivity contribution is -0.140. The molecule has 1 rings (SSSR count). The van der Waals surface area contributed by atoms with E-state index in [-0.39, 0.29) is 25.2 Å². The second-order valence-electron chi connectivity index (χ2n) is 6.61. The van der Waals surface area contributed by atoms with Crippen molar-refractivity contribution in [1.29, 1.82) is 0 Å². The van der Waals surface area contributed by atoms with Gasteiger partial charge in [-0.15, -0.1) is 0 Å². The highest BCUT2D eigenvalue weighted by Gasteiger charge is 2.24. The molecule has 0 aliphatic rings. The molecular weight excluding hydrogens is 414 g/mol. The Morgan fingerprint density at radius 2 is 1.58 bits per heavy atom. The third kappa shape index (κ3) is 10.0. The lowest BCUT2D eigenvalue weighted by Gasteiger charge is -2.18. The summed E-state index contributed by atoms with van der Waals surface area (Å²) in [4.78, 5) is 64.7. The molecule has 0 saturated carbocycles. The second kappa shape index (κ2) is 12.7. The number of rotatable bonds is 13. The van der Waals surface area contributed by atoms with Crippen molar-refractivity contribution in [2.24, 2.45) is 0 Å². The van der Waals surface area contributed by atoms with Crippen LogP contribution in [0.25, 0.3) is 0 Å². The van der Waals surface area contributed by atoms with Crippen LogP contribution in [-0.2, 0) is 14.4 Å². The third-order valence-corrected chi connectivity index (χ3v) is 4.06. The zero-order valence-electron chi connectivity index (χ0n) is 16.8. The first kappa shape index (κ1) is 25.3. The molecule has 1 aromatic heterocycles. The summed E-state index contributed by atoms with van der Waals surface area (Å²) in [5.41, 5.74) is 0.641. The van der Waals surface area contributed by atoms with Gasteiger partial charge >= 0.3 is 23.9 Å². The minimum atomic E-state index is -1.47. The van der Waals surface area contributed by atoms with Crippen LogP contribution in [0.1, 0.15) is 48.4 Å². The summed E-state index contributed by atoms with van der Waals surface area (Å²) in [5, 5.41) is 33.7. The molecule has 0 saturated heterocycles. The number of hydrogen-bond donors (Lipinski definition) is 6. The monoisotopic (exact) mass is 439 g/mol. The summed E-state index contributed by atoms with van der Waals surface area (Å²) >= 11 is 0. The molecule has 1 heterocycles. The summed E-state index contributed by atoms with van der Waals surface area (Å²) in [7, 11) is 0. The van der Waals surface area contributed by atoms with Gasteiger partial charge in [-0.05, 0) is 38.7 Å². The van der Waals surface area contributed by atoms with Crippen LogP contribution in [0.3, 0.4) is 0 Å². The number of carbonyl (C=O) groups excluding carboxylic acids is 2. The van der Waals surface area contributed by atoms with Crippen molar-refractivity contribution >= 4 is 29.8 Å². The molecular formula is C18H25N5O8. The fourth-order valence-electron chi connectivity index (χ4n) is 2.45. The van der Waals surface area contributed by atoms with Crippen LogP contribution in [0.2, 0.25) is 0 Å². The Morgan fingerprint density at radius 1 is 0.968 bits per heavy atom. The van der Waals surface area contributed by atoms with Gasteiger partial charge in [0, 0.05) is 24.9 Å². The summed E-state index contributed by atoms with van der Waals surface area (Å²) in [6, 6.07) is -2.14. The topological polar surface area (TPSA) is 208 Å². The van der Waals surface area contributed by atoms with Crippen LogP contribution in [0.15, 0.2) is 12.3 Å². The third-order valence-electron chi connectivity index (χ3n) is 4.06. The van der Waals surface area contributed by atoms with Gasteiger partial charge in [-0.3, -0.25) is 9.59 Å². The van der Waals surface area contributed by atoms with E-state index >= 15 is 0 Å². The Labute approximate surface area is 177 Å². The van der Waals surface area contributed by atoms with Gasteiger partial charge in [-0.2, -0.15) is 0 Å². The van der Waals surface area contributed by atoms with Gasteiger partial charge in [-0.25, -0.2) is 24.4 Å². The van der Waals surface area contributed by atoms with E-state index in [1.807, 2.05) is 5.32 Å². The predicted octanol–water partition coefficient (Wildman–Crippen LogP) is -0.244. The van der Waals surface area contributed by atoms with E-state index in [0.29, 0.717) is 18.5 Å². The minimum absolute atomic E-state index is 0.0256. The lowest BCUT2D eigenvalue weighted by Crippen LogP contribution is -2.51. The van der Waals surface area contributed by atoms with Gasteiger partial charge in [0.1, 0.15) is 12.1 Å². The molecule has 1 aromatic rings. The van der Waals surface area contributed by atoms with E-state index in [4.69, 9.17) is 10.2 Å². The Kier molecular flexibility index (Phi) is 10.4. The zero-order chi connectivity index (χ0) is 23.4. The number of aliphatic carboxylic acids is 3. The number of carbonyl (C=O) groups is 5. The van der Waals surface area contributed by atoms with E-state index in [0.717, 1.165) is 0 Å². The standard InChI is InChI=1S/C18H25N5O8/c1-10-7-9-19-14(21-10)15(26)20-8-3-2-4-11(16(27)28)22-18(31)23-12(17(29)30)5-6-13(24)25/h7,9,11-12H,2-6,8H2,1H3,(H,20,26)(H,24,25)(H,27,28)(H,29,30)(H2,22,23,31)/t11-,12-/m0/s1. The number of carboxylic acids is 3. The molecule has 13 heteroatoms. The first-order valence-corrected chi connectivity index (χ1v) is 9.42. The second-order valence-corrected chi connectivity index (χ2v) is 6.61. The quantitative estimate of drug-likeness (QED) is 0.222. The molecule has 0 fully saturated rings. The van der Waals surface area contributed by atoms with Gasteiger partial charge in [-0.1, -0.05) is 0 Å². The number of amides is 3. The number of nitrogens with zero attached hydrogens (tertiary/aromatic N) is 2. The molecule has 170 valence electrons. The van der Waals surface area contributed by atoms with Gasteiger partial charge in [0.05, 0.1) is 0 Å². The van der Waals surface area contributed by atoms with E-state index in [1.165, 1.54) is 6.20 Å². The maximum absolute atomic E-state index is 11.9. The normalized spacial score (nSPS) is 12.3. The number of hydrogen-bond acceptors (Lipinski definition) is 7. The fraction of sp³-hybridized carbons (Fsp3) is 0.500. The van der Waals surface area contributed by atoms with E-state index in [9.17, 15) is 29.1 Å². The SMILES string of the molecule is Cc1ccnc(C(=O)NCCCC[C@H](NC(=O)N[C@@H](CCC(=O)O)C(=O)O)C(=O)O)n1. The van der Waals surface area contributed by atoms with Gasteiger partial charge in [0.25, 0.3) is 5.91 Å². The minimum Gasteiger partial charge on any atom is -0.481 e. The Balaban J connectivity index is 2.42. The number of aryl methyl sites for hydroxylation is 1. The van der Waals surface area contributed by atoms with Crippen LogP contribution in [-0.4, -0.2) is 73.8 Å². The maximum Gasteiger partial charge on any atom is 0.326 e. The lowest BCUT2D eigenvalue weighted by atomic mass is 10.1. The highest BCUT2D eigenvalue weighted by atomic mass is 16.4. The van der Waals surface area contributed by atoms with Crippen LogP contribution >= 0.6 is 0 Å². The van der Waals surface area contributed by atoms with Crippen molar-refractivity contribution in [2.75, 3.05) is 6.54 Å². The van der Waals surface area contributed by atoms with Gasteiger partial charge in [0.2, 0.25) is 5.82 Å². The Hall–Kier alpha value is -3.77. The van der Waals surface area contributed by atoms with Gasteiger partial charge in [0.15, 0.2) is 0 Å². The average molecular weight is 439 g/mol. The molecule has 0 spiro atoms. The molecule has 6 N–H and O–H groups in total. The summed E-state index contributed by atoms with van der Waals surface area (Å²) < 4.78 is 0. The van der Waals surface area contributed by atoms with Crippen LogP contribution in [0.5, 0.6) is 0 Å². The van der Waals surface area contributed by atoms with Crippen LogP contribution < -0.4 is 16.0 Å². The molecule has 0 aliphatic carbocycles. The summed E-state index contributed by atoms with van der Waals surface area (Å²) in [6.45, 7) is 1.96. The zero-order valence-corrected chi connectivity index (χ0v) is 16.8. The summed E-state index contributed by atoms with van der Waals surface area (Å²) in [5.74, 6) is -4.41. The molecule has 13 nitrogen and oxygen atoms in total. The smallest absolute Gasteiger partial charge is 0.326 e. The van der Waals surface area contributed by atoms with Crippen molar-refractivity contribution in [3.05, 3.63) is 23.8 Å². The highest BCUT2D eigenvalue weighted by molar-refractivity contribution is 5.90. The van der Waals surface area contributed by atoms with E-state index in [2.05, 4.69) is 20.6 Å². The van der Waals surface area contributed by atoms with Crippen molar-refractivity contribution in [1.82, 2.24) is 25.9 Å². The number of urea groups is 1. The van der Waals surface area contributed by atoms with E-state index < -0.39 is 48.4 Å². The first-order valence-electron chi connectivity index (χ1n) is 9.42. The molecule has 0 unspecified atom stereocenters. The highest BCUT2D eigenvalue weighted by Crippen LogP contribution is 2.03. The Bertz CT molecular complexity index is 816. The van der Waals surface area contributed by atoms with Gasteiger partial charge < -0.3 is 31.3 Å². The largest absolute Gasteiger partial charge is 0.481 e. The number of nitrogens with one attached hydrogen (secondary N) is 3. The Morgan fingerprint density at radius 3 is 2.13 bits per heavy atom. The van der Waals surface area contributed by atoms with Crippen molar-refractivity contribution in [3.8, 4) is 0 Å². The van der Waals surface area contributed by atoms with Crippen molar-refractivity contribution < 1.29 is 39.3 Å². The number of aromatic nitrogens is 2. The molecule has 31 heavy (non-hydrogen) atoms. The molecule has 3 amide bonds. The van der Waals surface area contributed by atoms with Crippen LogP contribution in [0, 0.1) is 6.92 Å². The molecule has 2 atom stereocenters. The van der Waals surface area contributed by atoms with Crippen LogP contribution in [0.4, 0.5) is 4.79 Å². The first-order chi connectivity index (χ1) is 14.6. The fourth-order valence-corrected chi connectivity index (χ4v) is 2.45. The molecule has 0 aromatic carbocycles. The average Bonchev–Trinajstić information content (AvgIpc) is 2.69.